The molecule has 0 spiro atoms. The summed E-state index contributed by atoms with van der Waals surface area (Å²) in [6, 6.07) is 1.10. The summed E-state index contributed by atoms with van der Waals surface area (Å²) in [4.78, 5) is 15.4. The number of anilines is 1. The van der Waals surface area contributed by atoms with Gasteiger partial charge < -0.3 is 15.8 Å². The Hall–Kier alpha value is -1.69. The van der Waals surface area contributed by atoms with Gasteiger partial charge in [-0.2, -0.15) is 0 Å². The van der Waals surface area contributed by atoms with E-state index in [1.54, 1.807) is 0 Å². The summed E-state index contributed by atoms with van der Waals surface area (Å²) < 4.78 is 18.2. The average Bonchev–Trinajstić information content (AvgIpc) is 2.40. The quantitative estimate of drug-likeness (QED) is 0.841. The number of carbonyl (C=O) groups excluding carboxylic acids is 1. The number of carbonyl (C=O) groups is 1. The molecule has 1 amide bonds. The molecule has 1 fully saturated rings. The number of hydrogen-bond donors (Lipinski definition) is 2. The molecule has 0 saturated carbocycles. The number of ether oxygens (including phenoxy) is 1. The van der Waals surface area contributed by atoms with E-state index in [-0.39, 0.29) is 17.3 Å². The second-order valence-electron chi connectivity index (χ2n) is 4.35. The second kappa shape index (κ2) is 5.77. The van der Waals surface area contributed by atoms with Crippen molar-refractivity contribution >= 4 is 11.7 Å². The molecule has 2 heterocycles. The lowest BCUT2D eigenvalue weighted by Gasteiger charge is -2.22. The molecule has 1 saturated heterocycles. The molecule has 0 atom stereocenters. The van der Waals surface area contributed by atoms with E-state index >= 15 is 0 Å². The standard InChI is InChI=1S/C12H16FN3O2/c13-9-5-10(11(14)15-7-9)12(17)16-6-8-1-3-18-4-2-8/h5,7-8H,1-4,6H2,(H2,14,15)(H,16,17). The Morgan fingerprint density at radius 3 is 3.00 bits per heavy atom. The van der Waals surface area contributed by atoms with Crippen molar-refractivity contribution in [1.29, 1.82) is 0 Å². The van der Waals surface area contributed by atoms with E-state index in [4.69, 9.17) is 10.5 Å². The van der Waals surface area contributed by atoms with Gasteiger partial charge in [0.05, 0.1) is 11.8 Å². The fraction of sp³-hybridized carbons (Fsp3) is 0.500. The highest BCUT2D eigenvalue weighted by Gasteiger charge is 2.17. The first-order chi connectivity index (χ1) is 8.66. The number of amides is 1. The summed E-state index contributed by atoms with van der Waals surface area (Å²) in [6.45, 7) is 2.01. The van der Waals surface area contributed by atoms with E-state index in [9.17, 15) is 9.18 Å². The van der Waals surface area contributed by atoms with E-state index in [0.717, 1.165) is 38.3 Å². The van der Waals surface area contributed by atoms with Crippen molar-refractivity contribution in [1.82, 2.24) is 10.3 Å². The summed E-state index contributed by atoms with van der Waals surface area (Å²) in [5, 5.41) is 2.76. The molecule has 18 heavy (non-hydrogen) atoms. The van der Waals surface area contributed by atoms with Crippen molar-refractivity contribution in [2.24, 2.45) is 5.92 Å². The van der Waals surface area contributed by atoms with Crippen LogP contribution in [0, 0.1) is 11.7 Å². The molecule has 6 heteroatoms. The largest absolute Gasteiger partial charge is 0.383 e. The van der Waals surface area contributed by atoms with Gasteiger partial charge in [0.1, 0.15) is 11.6 Å². The molecule has 1 aliphatic rings. The monoisotopic (exact) mass is 253 g/mol. The zero-order chi connectivity index (χ0) is 13.0. The Kier molecular flexibility index (Phi) is 4.09. The number of rotatable bonds is 3. The first-order valence-corrected chi connectivity index (χ1v) is 5.94. The zero-order valence-corrected chi connectivity index (χ0v) is 9.99. The molecule has 0 unspecified atom stereocenters. The maximum atomic E-state index is 13.0. The molecule has 1 aromatic rings. The summed E-state index contributed by atoms with van der Waals surface area (Å²) in [5.41, 5.74) is 5.63. The maximum absolute atomic E-state index is 13.0. The predicted molar refractivity (Wildman–Crippen MR) is 64.5 cm³/mol. The van der Waals surface area contributed by atoms with E-state index < -0.39 is 5.82 Å². The number of nitrogens with two attached hydrogens (primary N) is 1. The normalized spacial score (nSPS) is 16.5. The molecule has 1 aliphatic heterocycles. The van der Waals surface area contributed by atoms with E-state index in [0.29, 0.717) is 12.5 Å². The molecule has 3 N–H and O–H groups in total. The molecule has 5 nitrogen and oxygen atoms in total. The van der Waals surface area contributed by atoms with Gasteiger partial charge in [0, 0.05) is 19.8 Å². The number of nitrogens with zero attached hydrogens (tertiary/aromatic N) is 1. The number of pyridine rings is 1. The third-order valence-electron chi connectivity index (χ3n) is 3.02. The SMILES string of the molecule is Nc1ncc(F)cc1C(=O)NCC1CCOCC1. The van der Waals surface area contributed by atoms with Gasteiger partial charge in [0.25, 0.3) is 5.91 Å². The number of aromatic nitrogens is 1. The predicted octanol–water partition coefficient (Wildman–Crippen LogP) is 0.959. The lowest BCUT2D eigenvalue weighted by Crippen LogP contribution is -2.32. The maximum Gasteiger partial charge on any atom is 0.255 e. The lowest BCUT2D eigenvalue weighted by atomic mass is 10.0. The van der Waals surface area contributed by atoms with Crippen LogP contribution in [-0.4, -0.2) is 30.6 Å². The van der Waals surface area contributed by atoms with Gasteiger partial charge in [-0.25, -0.2) is 9.37 Å². The summed E-state index contributed by atoms with van der Waals surface area (Å²) in [7, 11) is 0. The number of halogens is 1. The Labute approximate surface area is 105 Å². The molecular formula is C12H16FN3O2. The fourth-order valence-electron chi connectivity index (χ4n) is 1.91. The van der Waals surface area contributed by atoms with Crippen LogP contribution >= 0.6 is 0 Å². The van der Waals surface area contributed by atoms with Crippen molar-refractivity contribution in [2.45, 2.75) is 12.8 Å². The van der Waals surface area contributed by atoms with Gasteiger partial charge in [-0.3, -0.25) is 4.79 Å². The summed E-state index contributed by atoms with van der Waals surface area (Å²) in [5.74, 6) is -0.502. The van der Waals surface area contributed by atoms with Crippen LogP contribution in [-0.2, 0) is 4.74 Å². The average molecular weight is 253 g/mol. The second-order valence-corrected chi connectivity index (χ2v) is 4.35. The highest BCUT2D eigenvalue weighted by Crippen LogP contribution is 2.14. The van der Waals surface area contributed by atoms with Gasteiger partial charge in [0.2, 0.25) is 0 Å². The van der Waals surface area contributed by atoms with Crippen LogP contribution in [0.25, 0.3) is 0 Å². The van der Waals surface area contributed by atoms with Crippen molar-refractivity contribution < 1.29 is 13.9 Å². The van der Waals surface area contributed by atoms with Gasteiger partial charge in [-0.05, 0) is 24.8 Å². The van der Waals surface area contributed by atoms with Gasteiger partial charge in [-0.1, -0.05) is 0 Å². The first kappa shape index (κ1) is 12.8. The molecule has 0 bridgehead atoms. The summed E-state index contributed by atoms with van der Waals surface area (Å²) >= 11 is 0. The first-order valence-electron chi connectivity index (χ1n) is 5.94. The van der Waals surface area contributed by atoms with Crippen LogP contribution in [0.5, 0.6) is 0 Å². The van der Waals surface area contributed by atoms with E-state index in [1.165, 1.54) is 0 Å². The Balaban J connectivity index is 1.92. The van der Waals surface area contributed by atoms with Crippen LogP contribution in [0.4, 0.5) is 10.2 Å². The number of nitrogen functional groups attached to an aromatic ring is 1. The minimum absolute atomic E-state index is 0.0425. The Morgan fingerprint density at radius 2 is 2.28 bits per heavy atom. The van der Waals surface area contributed by atoms with Crippen molar-refractivity contribution in [3.05, 3.63) is 23.6 Å². The van der Waals surface area contributed by atoms with Crippen molar-refractivity contribution in [3.63, 3.8) is 0 Å². The Morgan fingerprint density at radius 1 is 1.56 bits per heavy atom. The highest BCUT2D eigenvalue weighted by atomic mass is 19.1. The summed E-state index contributed by atoms with van der Waals surface area (Å²) in [6.07, 6.45) is 2.85. The molecule has 1 aromatic heterocycles. The van der Waals surface area contributed by atoms with Crippen molar-refractivity contribution in [2.75, 3.05) is 25.5 Å². The third-order valence-corrected chi connectivity index (χ3v) is 3.02. The number of nitrogens with one attached hydrogen (secondary N) is 1. The molecule has 98 valence electrons. The minimum atomic E-state index is -0.569. The van der Waals surface area contributed by atoms with Crippen LogP contribution in [0.1, 0.15) is 23.2 Å². The van der Waals surface area contributed by atoms with Crippen LogP contribution in [0.2, 0.25) is 0 Å². The molecule has 2 rings (SSSR count). The minimum Gasteiger partial charge on any atom is -0.383 e. The van der Waals surface area contributed by atoms with Crippen LogP contribution in [0.15, 0.2) is 12.3 Å². The smallest absolute Gasteiger partial charge is 0.255 e. The van der Waals surface area contributed by atoms with Gasteiger partial charge in [0.15, 0.2) is 0 Å². The molecule has 0 aromatic carbocycles. The third kappa shape index (κ3) is 3.16. The van der Waals surface area contributed by atoms with E-state index in [2.05, 4.69) is 10.3 Å². The molecular weight excluding hydrogens is 237 g/mol. The zero-order valence-electron chi connectivity index (χ0n) is 9.99. The Bertz CT molecular complexity index is 433. The van der Waals surface area contributed by atoms with E-state index in [1.807, 2.05) is 0 Å². The number of hydrogen-bond acceptors (Lipinski definition) is 4. The topological polar surface area (TPSA) is 77.2 Å². The van der Waals surface area contributed by atoms with Crippen LogP contribution < -0.4 is 11.1 Å². The molecule has 0 radical (unpaired) electrons. The lowest BCUT2D eigenvalue weighted by molar-refractivity contribution is 0.0642. The fourth-order valence-corrected chi connectivity index (χ4v) is 1.91. The van der Waals surface area contributed by atoms with Gasteiger partial charge >= 0.3 is 0 Å². The van der Waals surface area contributed by atoms with Crippen LogP contribution in [0.3, 0.4) is 0 Å². The van der Waals surface area contributed by atoms with Gasteiger partial charge in [-0.15, -0.1) is 0 Å². The molecule has 0 aliphatic carbocycles. The highest BCUT2D eigenvalue weighted by molar-refractivity contribution is 5.98. The van der Waals surface area contributed by atoms with Crippen molar-refractivity contribution in [3.8, 4) is 0 Å².